The fourth-order valence-corrected chi connectivity index (χ4v) is 4.83. The van der Waals surface area contributed by atoms with Crippen LogP contribution in [0.5, 0.6) is 0 Å². The number of alkyl halides is 3. The topological polar surface area (TPSA) is 65.5 Å². The Balaban J connectivity index is 1.66. The van der Waals surface area contributed by atoms with Gasteiger partial charge in [0.1, 0.15) is 6.04 Å². The lowest BCUT2D eigenvalue weighted by molar-refractivity contribution is -0.137. The van der Waals surface area contributed by atoms with E-state index in [1.54, 1.807) is 6.07 Å². The Labute approximate surface area is 194 Å². The van der Waals surface area contributed by atoms with Gasteiger partial charge < -0.3 is 10.2 Å². The van der Waals surface area contributed by atoms with E-state index in [1.165, 1.54) is 27.8 Å². The van der Waals surface area contributed by atoms with Crippen LogP contribution in [-0.4, -0.2) is 48.2 Å². The highest BCUT2D eigenvalue weighted by atomic mass is 32.2. The second-order valence-corrected chi connectivity index (χ2v) is 9.16. The Kier molecular flexibility index (Phi) is 6.83. The van der Waals surface area contributed by atoms with Gasteiger partial charge in [-0.3, -0.25) is 19.5 Å². The van der Waals surface area contributed by atoms with Crippen LogP contribution in [0.4, 0.5) is 24.5 Å². The van der Waals surface area contributed by atoms with Gasteiger partial charge in [-0.25, -0.2) is 0 Å². The summed E-state index contributed by atoms with van der Waals surface area (Å²) in [4.78, 5) is 34.2. The molecule has 2 fully saturated rings. The zero-order valence-electron chi connectivity index (χ0n) is 18.1. The van der Waals surface area contributed by atoms with E-state index < -0.39 is 17.8 Å². The third-order valence-corrected chi connectivity index (χ3v) is 6.78. The van der Waals surface area contributed by atoms with E-state index >= 15 is 0 Å². The maximum atomic E-state index is 13.3. The molecule has 10 heteroatoms. The molecule has 1 atom stereocenters. The second kappa shape index (κ2) is 9.62. The predicted molar refractivity (Wildman–Crippen MR) is 121 cm³/mol. The molecule has 1 aliphatic heterocycles. The van der Waals surface area contributed by atoms with Crippen LogP contribution in [0.2, 0.25) is 0 Å². The van der Waals surface area contributed by atoms with Crippen molar-refractivity contribution in [1.82, 2.24) is 10.3 Å². The summed E-state index contributed by atoms with van der Waals surface area (Å²) in [6.45, 7) is -0.0868. The fourth-order valence-electron chi connectivity index (χ4n) is 4.37. The molecule has 2 amide bonds. The van der Waals surface area contributed by atoms with E-state index in [0.717, 1.165) is 42.8 Å². The zero-order valence-corrected chi connectivity index (χ0v) is 19.0. The molecule has 2 aromatic rings. The Hall–Kier alpha value is -2.75. The molecule has 2 aliphatic rings. The molecule has 6 nitrogen and oxygen atoms in total. The Morgan fingerprint density at radius 1 is 1.15 bits per heavy atom. The Bertz CT molecular complexity index is 1030. The number of nitrogens with zero attached hydrogens (tertiary/aromatic N) is 3. The van der Waals surface area contributed by atoms with Crippen molar-refractivity contribution in [1.29, 1.82) is 0 Å². The largest absolute Gasteiger partial charge is 0.417 e. The first-order chi connectivity index (χ1) is 15.8. The van der Waals surface area contributed by atoms with Crippen molar-refractivity contribution in [2.24, 2.45) is 0 Å². The van der Waals surface area contributed by atoms with Crippen molar-refractivity contribution in [3.05, 3.63) is 48.3 Å². The van der Waals surface area contributed by atoms with Crippen LogP contribution in [0.15, 0.2) is 47.6 Å². The van der Waals surface area contributed by atoms with Gasteiger partial charge in [-0.1, -0.05) is 18.9 Å². The molecule has 1 saturated carbocycles. The van der Waals surface area contributed by atoms with Crippen LogP contribution in [0.3, 0.4) is 0 Å². The highest BCUT2D eigenvalue weighted by molar-refractivity contribution is 7.98. The number of amides is 2. The predicted octanol–water partition coefficient (Wildman–Crippen LogP) is 4.10. The van der Waals surface area contributed by atoms with Crippen molar-refractivity contribution < 1.29 is 22.8 Å². The number of aromatic nitrogens is 1. The maximum Gasteiger partial charge on any atom is 0.417 e. The summed E-state index contributed by atoms with van der Waals surface area (Å²) in [6.07, 6.45) is 3.26. The Morgan fingerprint density at radius 2 is 1.91 bits per heavy atom. The van der Waals surface area contributed by atoms with Crippen LogP contribution in [0.1, 0.15) is 31.2 Å². The van der Waals surface area contributed by atoms with Crippen molar-refractivity contribution >= 4 is 35.0 Å². The first-order valence-electron chi connectivity index (χ1n) is 10.8. The average molecular weight is 479 g/mol. The number of benzene rings is 1. The summed E-state index contributed by atoms with van der Waals surface area (Å²) in [7, 11) is 0. The summed E-state index contributed by atoms with van der Waals surface area (Å²) in [5.74, 6) is -0.655. The van der Waals surface area contributed by atoms with Gasteiger partial charge in [-0.05, 0) is 43.4 Å². The van der Waals surface area contributed by atoms with Crippen LogP contribution in [0, 0.1) is 0 Å². The molecule has 0 spiro atoms. The molecule has 1 unspecified atom stereocenters. The lowest BCUT2D eigenvalue weighted by Gasteiger charge is -2.41. The highest BCUT2D eigenvalue weighted by Crippen LogP contribution is 2.33. The Morgan fingerprint density at radius 3 is 2.61 bits per heavy atom. The third-order valence-electron chi connectivity index (χ3n) is 6.05. The molecular formula is C23H25F3N4O2S. The number of hydrogen-bond acceptors (Lipinski definition) is 5. The monoisotopic (exact) mass is 478 g/mol. The SMILES string of the molecule is CSc1cccc(N2C(=O)CN(c3cncc(C(F)(F)F)c3)CC2C(=O)NC2CCCC2)c1. The molecule has 0 radical (unpaired) electrons. The molecule has 1 aromatic heterocycles. The molecule has 1 N–H and O–H groups in total. The molecule has 33 heavy (non-hydrogen) atoms. The van der Waals surface area contributed by atoms with Crippen LogP contribution in [0.25, 0.3) is 0 Å². The number of hydrogen-bond donors (Lipinski definition) is 1. The van der Waals surface area contributed by atoms with Gasteiger partial charge in [0.05, 0.1) is 24.0 Å². The van der Waals surface area contributed by atoms with Crippen molar-refractivity contribution in [3.8, 4) is 0 Å². The van der Waals surface area contributed by atoms with Crippen LogP contribution in [-0.2, 0) is 15.8 Å². The van der Waals surface area contributed by atoms with Gasteiger partial charge in [0.15, 0.2) is 0 Å². The number of carbonyl (C=O) groups excluding carboxylic acids is 2. The summed E-state index contributed by atoms with van der Waals surface area (Å²) in [5, 5.41) is 3.04. The first kappa shape index (κ1) is 23.4. The van der Waals surface area contributed by atoms with E-state index in [4.69, 9.17) is 0 Å². The summed E-state index contributed by atoms with van der Waals surface area (Å²) in [5.41, 5.74) is -0.135. The van der Waals surface area contributed by atoms with Crippen LogP contribution < -0.4 is 15.1 Å². The van der Waals surface area contributed by atoms with Gasteiger partial charge >= 0.3 is 6.18 Å². The number of halogens is 3. The molecule has 1 aliphatic carbocycles. The number of nitrogens with one attached hydrogen (secondary N) is 1. The number of rotatable bonds is 5. The number of piperazine rings is 1. The quantitative estimate of drug-likeness (QED) is 0.656. The molecule has 1 saturated heterocycles. The summed E-state index contributed by atoms with van der Waals surface area (Å²) >= 11 is 1.52. The van der Waals surface area contributed by atoms with Crippen molar-refractivity contribution in [2.45, 2.75) is 48.8 Å². The van der Waals surface area contributed by atoms with E-state index in [0.29, 0.717) is 5.69 Å². The number of pyridine rings is 1. The second-order valence-electron chi connectivity index (χ2n) is 8.28. The molecule has 4 rings (SSSR count). The lowest BCUT2D eigenvalue weighted by Crippen LogP contribution is -2.62. The highest BCUT2D eigenvalue weighted by Gasteiger charge is 2.40. The lowest BCUT2D eigenvalue weighted by atomic mass is 10.1. The number of carbonyl (C=O) groups is 2. The van der Waals surface area contributed by atoms with Gasteiger partial charge in [0.25, 0.3) is 0 Å². The first-order valence-corrected chi connectivity index (χ1v) is 12.0. The minimum absolute atomic E-state index is 0.0533. The minimum Gasteiger partial charge on any atom is -0.358 e. The smallest absolute Gasteiger partial charge is 0.358 e. The molecule has 2 heterocycles. The number of anilines is 2. The van der Waals surface area contributed by atoms with Crippen molar-refractivity contribution in [3.63, 3.8) is 0 Å². The number of thioether (sulfide) groups is 1. The third kappa shape index (κ3) is 5.26. The van der Waals surface area contributed by atoms with Gasteiger partial charge in [-0.15, -0.1) is 11.8 Å². The van der Waals surface area contributed by atoms with Gasteiger partial charge in [0, 0.05) is 29.4 Å². The van der Waals surface area contributed by atoms with Crippen molar-refractivity contribution in [2.75, 3.05) is 29.1 Å². The summed E-state index contributed by atoms with van der Waals surface area (Å²) < 4.78 is 39.6. The minimum atomic E-state index is -4.55. The van der Waals surface area contributed by atoms with E-state index in [-0.39, 0.29) is 36.6 Å². The molecule has 1 aromatic carbocycles. The zero-order chi connectivity index (χ0) is 23.6. The fraction of sp³-hybridized carbons (Fsp3) is 0.435. The van der Waals surface area contributed by atoms with Gasteiger partial charge in [0.2, 0.25) is 11.8 Å². The van der Waals surface area contributed by atoms with E-state index in [1.807, 2.05) is 24.5 Å². The molecule has 0 bridgehead atoms. The molecule has 176 valence electrons. The standard InChI is InChI=1S/C23H25F3N4O2S/c1-33-19-8-4-7-17(10-19)30-20(22(32)28-16-5-2-3-6-16)13-29(14-21(30)31)18-9-15(11-27-12-18)23(24,25)26/h4,7-12,16,20H,2-3,5-6,13-14H2,1H3,(H,28,32). The normalized spacial score (nSPS) is 19.8. The molecular weight excluding hydrogens is 453 g/mol. The van der Waals surface area contributed by atoms with E-state index in [2.05, 4.69) is 10.3 Å². The average Bonchev–Trinajstić information content (AvgIpc) is 3.31. The summed E-state index contributed by atoms with van der Waals surface area (Å²) in [6, 6.07) is 7.50. The van der Waals surface area contributed by atoms with Crippen LogP contribution >= 0.6 is 11.8 Å². The maximum absolute atomic E-state index is 13.3. The van der Waals surface area contributed by atoms with E-state index in [9.17, 15) is 22.8 Å². The van der Waals surface area contributed by atoms with Gasteiger partial charge in [-0.2, -0.15) is 13.2 Å².